The summed E-state index contributed by atoms with van der Waals surface area (Å²) in [6.45, 7) is 9.45. The van der Waals surface area contributed by atoms with Crippen molar-refractivity contribution >= 4 is 0 Å². The predicted octanol–water partition coefficient (Wildman–Crippen LogP) is -1.86. The van der Waals surface area contributed by atoms with Gasteiger partial charge < -0.3 is 26.4 Å². The highest BCUT2D eigenvalue weighted by Crippen LogP contribution is 1.94. The first kappa shape index (κ1) is 16.6. The lowest BCUT2D eigenvalue weighted by Crippen LogP contribution is -3.00. The van der Waals surface area contributed by atoms with Crippen LogP contribution < -0.4 is 12.4 Å². The fourth-order valence-electron chi connectivity index (χ4n) is 0.834. The van der Waals surface area contributed by atoms with Gasteiger partial charge in [0, 0.05) is 6.61 Å². The molecule has 0 heterocycles. The summed E-state index contributed by atoms with van der Waals surface area (Å²) in [4.78, 5) is 0. The first-order chi connectivity index (χ1) is 6.12. The molecule has 0 amide bonds. The summed E-state index contributed by atoms with van der Waals surface area (Å²) in [6.07, 6.45) is 0. The van der Waals surface area contributed by atoms with Crippen molar-refractivity contribution in [1.82, 2.24) is 0 Å². The summed E-state index contributed by atoms with van der Waals surface area (Å²) in [7, 11) is 4.43. The molecule has 0 N–H and O–H groups in total. The molecule has 3 nitrogen and oxygen atoms in total. The average molecular weight is 226 g/mol. The fraction of sp³-hybridized carbons (Fsp3) is 1.00. The van der Waals surface area contributed by atoms with E-state index in [0.29, 0.717) is 0 Å². The molecule has 0 aliphatic carbocycles. The molecular weight excluding hydrogens is 202 g/mol. The number of likely N-dealkylation sites (N-methyl/N-ethyl adjacent to an activating group) is 1. The van der Waals surface area contributed by atoms with Crippen LogP contribution in [0, 0.1) is 0 Å². The second-order valence-corrected chi connectivity index (χ2v) is 3.78. The Bertz CT molecular complexity index is 121. The standard InChI is InChI=1S/C10H24NO2.ClH/c1-5-11(3,4)7-8-13-10-9-12-6-2;/h5-10H2,1-4H3;1H/q+1;/p-1. The molecule has 0 aromatic carbocycles. The van der Waals surface area contributed by atoms with Crippen LogP contribution in [0.5, 0.6) is 0 Å². The minimum atomic E-state index is 0. The maximum Gasteiger partial charge on any atom is 0.102 e. The Morgan fingerprint density at radius 3 is 2.00 bits per heavy atom. The van der Waals surface area contributed by atoms with Crippen molar-refractivity contribution in [3.8, 4) is 0 Å². The van der Waals surface area contributed by atoms with Gasteiger partial charge in [0.05, 0.1) is 40.5 Å². The molecule has 14 heavy (non-hydrogen) atoms. The van der Waals surface area contributed by atoms with Crippen LogP contribution in [-0.2, 0) is 9.47 Å². The van der Waals surface area contributed by atoms with E-state index in [4.69, 9.17) is 9.47 Å². The molecule has 0 aliphatic heterocycles. The Labute approximate surface area is 94.4 Å². The Kier molecular flexibility index (Phi) is 11.5. The van der Waals surface area contributed by atoms with E-state index in [0.717, 1.165) is 44.0 Å². The molecule has 0 rings (SSSR count). The molecule has 0 unspecified atom stereocenters. The first-order valence-electron chi connectivity index (χ1n) is 5.10. The van der Waals surface area contributed by atoms with Gasteiger partial charge in [-0.25, -0.2) is 0 Å². The van der Waals surface area contributed by atoms with E-state index in [1.165, 1.54) is 0 Å². The third-order valence-corrected chi connectivity index (χ3v) is 2.27. The van der Waals surface area contributed by atoms with Crippen LogP contribution >= 0.6 is 0 Å². The van der Waals surface area contributed by atoms with Crippen molar-refractivity contribution in [2.45, 2.75) is 13.8 Å². The molecule has 4 heteroatoms. The lowest BCUT2D eigenvalue weighted by Gasteiger charge is -2.27. The number of halogens is 1. The van der Waals surface area contributed by atoms with Crippen molar-refractivity contribution in [3.05, 3.63) is 0 Å². The van der Waals surface area contributed by atoms with Gasteiger partial charge in [-0.05, 0) is 13.8 Å². The van der Waals surface area contributed by atoms with Crippen LogP contribution in [-0.4, -0.2) is 58.1 Å². The van der Waals surface area contributed by atoms with Gasteiger partial charge in [0.15, 0.2) is 0 Å². The number of quaternary nitrogens is 1. The minimum Gasteiger partial charge on any atom is -1.00 e. The maximum absolute atomic E-state index is 5.43. The van der Waals surface area contributed by atoms with Gasteiger partial charge in [0.25, 0.3) is 0 Å². The SMILES string of the molecule is CCOCCOCC[N+](C)(C)CC.[Cl-]. The largest absolute Gasteiger partial charge is 1.00 e. The molecule has 0 radical (unpaired) electrons. The molecule has 0 spiro atoms. The van der Waals surface area contributed by atoms with Crippen molar-refractivity contribution in [2.75, 3.05) is 53.6 Å². The number of rotatable bonds is 8. The summed E-state index contributed by atoms with van der Waals surface area (Å²) < 4.78 is 11.6. The molecule has 0 saturated heterocycles. The van der Waals surface area contributed by atoms with E-state index in [-0.39, 0.29) is 12.4 Å². The first-order valence-corrected chi connectivity index (χ1v) is 5.10. The zero-order chi connectivity index (χ0) is 10.2. The van der Waals surface area contributed by atoms with E-state index in [9.17, 15) is 0 Å². The zero-order valence-electron chi connectivity index (χ0n) is 9.88. The van der Waals surface area contributed by atoms with Crippen LogP contribution in [0.4, 0.5) is 0 Å². The van der Waals surface area contributed by atoms with Crippen LogP contribution in [0.2, 0.25) is 0 Å². The number of hydrogen-bond donors (Lipinski definition) is 0. The summed E-state index contributed by atoms with van der Waals surface area (Å²) in [5.74, 6) is 0. The van der Waals surface area contributed by atoms with Gasteiger partial charge in [-0.15, -0.1) is 0 Å². The molecule has 0 aromatic heterocycles. The van der Waals surface area contributed by atoms with Crippen molar-refractivity contribution in [1.29, 1.82) is 0 Å². The average Bonchev–Trinajstić information content (AvgIpc) is 2.11. The number of ether oxygens (including phenoxy) is 2. The predicted molar refractivity (Wildman–Crippen MR) is 54.8 cm³/mol. The molecule has 0 aromatic rings. The molecule has 0 saturated carbocycles. The molecule has 0 fully saturated rings. The van der Waals surface area contributed by atoms with Gasteiger partial charge in [0.1, 0.15) is 6.54 Å². The lowest BCUT2D eigenvalue weighted by molar-refractivity contribution is -0.888. The van der Waals surface area contributed by atoms with Gasteiger partial charge in [-0.3, -0.25) is 0 Å². The Morgan fingerprint density at radius 2 is 1.50 bits per heavy atom. The summed E-state index contributed by atoms with van der Waals surface area (Å²) in [5.41, 5.74) is 0. The highest BCUT2D eigenvalue weighted by molar-refractivity contribution is 4.33. The molecule has 0 bridgehead atoms. The van der Waals surface area contributed by atoms with E-state index in [1.807, 2.05) is 6.92 Å². The Morgan fingerprint density at radius 1 is 0.929 bits per heavy atom. The van der Waals surface area contributed by atoms with Crippen LogP contribution in [0.25, 0.3) is 0 Å². The van der Waals surface area contributed by atoms with E-state index in [2.05, 4.69) is 21.0 Å². The third-order valence-electron chi connectivity index (χ3n) is 2.27. The quantitative estimate of drug-likeness (QED) is 0.357. The van der Waals surface area contributed by atoms with Crippen LogP contribution in [0.1, 0.15) is 13.8 Å². The Balaban J connectivity index is 0. The van der Waals surface area contributed by atoms with Gasteiger partial charge in [0.2, 0.25) is 0 Å². The van der Waals surface area contributed by atoms with E-state index in [1.54, 1.807) is 0 Å². The van der Waals surface area contributed by atoms with E-state index < -0.39 is 0 Å². The normalized spacial score (nSPS) is 11.1. The Hall–Kier alpha value is 0.170. The van der Waals surface area contributed by atoms with Crippen LogP contribution in [0.15, 0.2) is 0 Å². The number of nitrogens with zero attached hydrogens (tertiary/aromatic N) is 1. The van der Waals surface area contributed by atoms with Gasteiger partial charge in [-0.1, -0.05) is 0 Å². The summed E-state index contributed by atoms with van der Waals surface area (Å²) in [5, 5.41) is 0. The maximum atomic E-state index is 5.43. The monoisotopic (exact) mass is 225 g/mol. The lowest BCUT2D eigenvalue weighted by atomic mass is 10.4. The van der Waals surface area contributed by atoms with Gasteiger partial charge in [-0.2, -0.15) is 0 Å². The summed E-state index contributed by atoms with van der Waals surface area (Å²) in [6, 6.07) is 0. The highest BCUT2D eigenvalue weighted by Gasteiger charge is 2.10. The van der Waals surface area contributed by atoms with Crippen molar-refractivity contribution in [3.63, 3.8) is 0 Å². The second kappa shape index (κ2) is 9.71. The number of hydrogen-bond acceptors (Lipinski definition) is 2. The smallest absolute Gasteiger partial charge is 0.102 e. The van der Waals surface area contributed by atoms with E-state index >= 15 is 0 Å². The molecule has 0 aliphatic rings. The molecule has 0 atom stereocenters. The summed E-state index contributed by atoms with van der Waals surface area (Å²) >= 11 is 0. The van der Waals surface area contributed by atoms with Crippen molar-refractivity contribution in [2.24, 2.45) is 0 Å². The molecular formula is C10H24ClNO2. The van der Waals surface area contributed by atoms with Crippen LogP contribution in [0.3, 0.4) is 0 Å². The zero-order valence-corrected chi connectivity index (χ0v) is 10.6. The molecule has 88 valence electrons. The second-order valence-electron chi connectivity index (χ2n) is 3.78. The van der Waals surface area contributed by atoms with Crippen molar-refractivity contribution < 1.29 is 26.4 Å². The topological polar surface area (TPSA) is 18.5 Å². The third kappa shape index (κ3) is 10.3. The highest BCUT2D eigenvalue weighted by atomic mass is 35.5. The minimum absolute atomic E-state index is 0. The van der Waals surface area contributed by atoms with Gasteiger partial charge >= 0.3 is 0 Å². The fourth-order valence-corrected chi connectivity index (χ4v) is 0.834.